The predicted octanol–water partition coefficient (Wildman–Crippen LogP) is 3.40. The number of sulfonamides is 1. The van der Waals surface area contributed by atoms with Gasteiger partial charge in [0.25, 0.3) is 0 Å². The Balaban J connectivity index is 2.01. The van der Waals surface area contributed by atoms with E-state index in [1.807, 2.05) is 63.2 Å². The summed E-state index contributed by atoms with van der Waals surface area (Å²) in [6, 6.07) is 13.4. The van der Waals surface area contributed by atoms with Crippen LogP contribution >= 0.6 is 0 Å². The fourth-order valence-electron chi connectivity index (χ4n) is 2.61. The summed E-state index contributed by atoms with van der Waals surface area (Å²) in [5, 5.41) is 2.83. The van der Waals surface area contributed by atoms with E-state index in [1.165, 1.54) is 10.6 Å². The van der Waals surface area contributed by atoms with E-state index in [2.05, 4.69) is 5.32 Å². The molecule has 0 saturated heterocycles. The lowest BCUT2D eigenvalue weighted by atomic mass is 10.1. The second-order valence-electron chi connectivity index (χ2n) is 6.62. The fraction of sp³-hybridized carbons (Fsp3) is 0.350. The standard InChI is InChI=1S/C20H26N2O3S/c1-15-9-10-19(13-17(15)3)21-20(23)11-12-22(26(4,24)25)14-18-8-6-5-7-16(18)2/h5-10,13H,11-12,14H2,1-4H3,(H,21,23). The number of hydrogen-bond donors (Lipinski definition) is 1. The maximum atomic E-state index is 12.2. The summed E-state index contributed by atoms with van der Waals surface area (Å²) < 4.78 is 25.5. The van der Waals surface area contributed by atoms with Crippen LogP contribution in [-0.4, -0.2) is 31.4 Å². The monoisotopic (exact) mass is 374 g/mol. The lowest BCUT2D eigenvalue weighted by Gasteiger charge is -2.21. The first-order chi connectivity index (χ1) is 12.2. The van der Waals surface area contributed by atoms with Crippen LogP contribution in [0.5, 0.6) is 0 Å². The first-order valence-electron chi connectivity index (χ1n) is 8.53. The Bertz CT molecular complexity index is 892. The van der Waals surface area contributed by atoms with Crippen LogP contribution in [0.2, 0.25) is 0 Å². The highest BCUT2D eigenvalue weighted by Crippen LogP contribution is 2.16. The van der Waals surface area contributed by atoms with Gasteiger partial charge in [0, 0.05) is 25.2 Å². The number of nitrogens with zero attached hydrogens (tertiary/aromatic N) is 1. The number of anilines is 1. The smallest absolute Gasteiger partial charge is 0.225 e. The van der Waals surface area contributed by atoms with Gasteiger partial charge in [0.15, 0.2) is 0 Å². The quantitative estimate of drug-likeness (QED) is 0.808. The van der Waals surface area contributed by atoms with Crippen molar-refractivity contribution in [3.63, 3.8) is 0 Å². The largest absolute Gasteiger partial charge is 0.326 e. The zero-order chi connectivity index (χ0) is 19.3. The van der Waals surface area contributed by atoms with Crippen molar-refractivity contribution in [3.05, 3.63) is 64.7 Å². The Morgan fingerprint density at radius 3 is 2.31 bits per heavy atom. The molecule has 0 atom stereocenters. The van der Waals surface area contributed by atoms with Gasteiger partial charge in [-0.1, -0.05) is 30.3 Å². The Kier molecular flexibility index (Phi) is 6.56. The topological polar surface area (TPSA) is 66.5 Å². The molecular formula is C20H26N2O3S. The second kappa shape index (κ2) is 8.47. The van der Waals surface area contributed by atoms with E-state index in [1.54, 1.807) is 0 Å². The van der Waals surface area contributed by atoms with Crippen molar-refractivity contribution in [1.29, 1.82) is 0 Å². The molecule has 2 aromatic carbocycles. The van der Waals surface area contributed by atoms with Gasteiger partial charge in [-0.05, 0) is 55.2 Å². The lowest BCUT2D eigenvalue weighted by molar-refractivity contribution is -0.116. The number of hydrogen-bond acceptors (Lipinski definition) is 3. The van der Waals surface area contributed by atoms with Gasteiger partial charge in [-0.25, -0.2) is 8.42 Å². The zero-order valence-electron chi connectivity index (χ0n) is 15.7. The molecule has 0 aliphatic rings. The minimum atomic E-state index is -3.41. The van der Waals surface area contributed by atoms with Gasteiger partial charge in [0.05, 0.1) is 6.26 Å². The number of carbonyl (C=O) groups excluding carboxylic acids is 1. The first kappa shape index (κ1) is 20.1. The highest BCUT2D eigenvalue weighted by molar-refractivity contribution is 7.88. The SMILES string of the molecule is Cc1ccc(NC(=O)CCN(Cc2ccccc2C)S(C)(=O)=O)cc1C. The molecule has 0 spiro atoms. The minimum Gasteiger partial charge on any atom is -0.326 e. The molecule has 2 rings (SSSR count). The number of rotatable bonds is 7. The van der Waals surface area contributed by atoms with Gasteiger partial charge in [-0.3, -0.25) is 4.79 Å². The summed E-state index contributed by atoms with van der Waals surface area (Å²) in [5.41, 5.74) is 4.95. The van der Waals surface area contributed by atoms with Gasteiger partial charge in [-0.15, -0.1) is 0 Å². The van der Waals surface area contributed by atoms with Crippen LogP contribution in [0.25, 0.3) is 0 Å². The summed E-state index contributed by atoms with van der Waals surface area (Å²) in [7, 11) is -3.41. The molecule has 0 aromatic heterocycles. The molecular weight excluding hydrogens is 348 g/mol. The highest BCUT2D eigenvalue weighted by Gasteiger charge is 2.19. The molecule has 0 radical (unpaired) electrons. The third-order valence-corrected chi connectivity index (χ3v) is 5.71. The van der Waals surface area contributed by atoms with Crippen LogP contribution in [0.15, 0.2) is 42.5 Å². The van der Waals surface area contributed by atoms with Crippen LogP contribution in [0.1, 0.15) is 28.7 Å². The molecule has 0 fully saturated rings. The van der Waals surface area contributed by atoms with E-state index in [0.29, 0.717) is 0 Å². The summed E-state index contributed by atoms with van der Waals surface area (Å²) in [6.45, 7) is 6.35. The Labute approximate surface area is 156 Å². The van der Waals surface area contributed by atoms with Crippen LogP contribution in [0, 0.1) is 20.8 Å². The maximum absolute atomic E-state index is 12.2. The number of aryl methyl sites for hydroxylation is 3. The second-order valence-corrected chi connectivity index (χ2v) is 8.60. The summed E-state index contributed by atoms with van der Waals surface area (Å²) >= 11 is 0. The fourth-order valence-corrected chi connectivity index (χ4v) is 3.41. The van der Waals surface area contributed by atoms with Crippen molar-refractivity contribution in [1.82, 2.24) is 4.31 Å². The Morgan fingerprint density at radius 2 is 1.69 bits per heavy atom. The van der Waals surface area contributed by atoms with Crippen molar-refractivity contribution in [3.8, 4) is 0 Å². The molecule has 0 unspecified atom stereocenters. The van der Waals surface area contributed by atoms with Crippen LogP contribution in [-0.2, 0) is 21.4 Å². The molecule has 0 bridgehead atoms. The minimum absolute atomic E-state index is 0.103. The summed E-state index contributed by atoms with van der Waals surface area (Å²) in [6.07, 6.45) is 1.28. The molecule has 1 N–H and O–H groups in total. The molecule has 2 aromatic rings. The zero-order valence-corrected chi connectivity index (χ0v) is 16.6. The average molecular weight is 375 g/mol. The maximum Gasteiger partial charge on any atom is 0.225 e. The first-order valence-corrected chi connectivity index (χ1v) is 10.4. The van der Waals surface area contributed by atoms with Crippen molar-refractivity contribution in [2.45, 2.75) is 33.7 Å². The third-order valence-electron chi connectivity index (χ3n) is 4.46. The van der Waals surface area contributed by atoms with E-state index < -0.39 is 10.0 Å². The molecule has 140 valence electrons. The van der Waals surface area contributed by atoms with Gasteiger partial charge in [-0.2, -0.15) is 4.31 Å². The van der Waals surface area contributed by atoms with Gasteiger partial charge < -0.3 is 5.32 Å². The summed E-state index contributed by atoms with van der Waals surface area (Å²) in [4.78, 5) is 12.2. The van der Waals surface area contributed by atoms with Crippen molar-refractivity contribution in [2.24, 2.45) is 0 Å². The number of benzene rings is 2. The van der Waals surface area contributed by atoms with E-state index in [4.69, 9.17) is 0 Å². The molecule has 26 heavy (non-hydrogen) atoms. The van der Waals surface area contributed by atoms with Gasteiger partial charge in [0.2, 0.25) is 15.9 Å². The summed E-state index contributed by atoms with van der Waals surface area (Å²) in [5.74, 6) is -0.202. The number of amides is 1. The van der Waals surface area contributed by atoms with E-state index in [9.17, 15) is 13.2 Å². The van der Waals surface area contributed by atoms with Crippen molar-refractivity contribution >= 4 is 21.6 Å². The molecule has 1 amide bonds. The van der Waals surface area contributed by atoms with Crippen molar-refractivity contribution < 1.29 is 13.2 Å². The molecule has 0 aliphatic heterocycles. The lowest BCUT2D eigenvalue weighted by Crippen LogP contribution is -2.32. The predicted molar refractivity (Wildman–Crippen MR) is 106 cm³/mol. The van der Waals surface area contributed by atoms with Gasteiger partial charge >= 0.3 is 0 Å². The van der Waals surface area contributed by atoms with Crippen LogP contribution < -0.4 is 5.32 Å². The normalized spacial score (nSPS) is 11.6. The molecule has 6 heteroatoms. The van der Waals surface area contributed by atoms with Gasteiger partial charge in [0.1, 0.15) is 0 Å². The number of carbonyl (C=O) groups is 1. The number of nitrogens with one attached hydrogen (secondary N) is 1. The van der Waals surface area contributed by atoms with E-state index >= 15 is 0 Å². The average Bonchev–Trinajstić information content (AvgIpc) is 2.55. The third kappa shape index (κ3) is 5.68. The molecule has 0 heterocycles. The van der Waals surface area contributed by atoms with E-state index in [-0.39, 0.29) is 25.4 Å². The van der Waals surface area contributed by atoms with Crippen molar-refractivity contribution in [2.75, 3.05) is 18.1 Å². The van der Waals surface area contributed by atoms with Crippen LogP contribution in [0.4, 0.5) is 5.69 Å². The highest BCUT2D eigenvalue weighted by atomic mass is 32.2. The van der Waals surface area contributed by atoms with Crippen LogP contribution in [0.3, 0.4) is 0 Å². The molecule has 5 nitrogen and oxygen atoms in total. The van der Waals surface area contributed by atoms with E-state index in [0.717, 1.165) is 27.9 Å². The molecule has 0 aliphatic carbocycles. The Hall–Kier alpha value is -2.18. The Morgan fingerprint density at radius 1 is 1.00 bits per heavy atom. The molecule has 0 saturated carbocycles.